The lowest BCUT2D eigenvalue weighted by molar-refractivity contribution is -0.822. The fourth-order valence-corrected chi connectivity index (χ4v) is 3.28. The van der Waals surface area contributed by atoms with Gasteiger partial charge < -0.3 is 26.4 Å². The average molecular weight is 473 g/mol. The van der Waals surface area contributed by atoms with Crippen molar-refractivity contribution in [2.75, 3.05) is 6.54 Å². The Morgan fingerprint density at radius 1 is 1.09 bits per heavy atom. The molecule has 0 fully saturated rings. The summed E-state index contributed by atoms with van der Waals surface area (Å²) < 4.78 is 0. The molecule has 0 saturated heterocycles. The summed E-state index contributed by atoms with van der Waals surface area (Å²) in [6, 6.07) is -0.893. The number of amides is 2. The summed E-state index contributed by atoms with van der Waals surface area (Å²) in [6.45, 7) is 8.14. The minimum absolute atomic E-state index is 0.117. The number of carbonyl (C=O) groups excluding carboxylic acids is 2. The lowest BCUT2D eigenvalue weighted by Gasteiger charge is -2.24. The topological polar surface area (TPSA) is 189 Å². The van der Waals surface area contributed by atoms with Crippen LogP contribution in [0.3, 0.4) is 0 Å². The van der Waals surface area contributed by atoms with E-state index in [0.29, 0.717) is 25.2 Å². The molecule has 190 valence electrons. The van der Waals surface area contributed by atoms with Crippen molar-refractivity contribution >= 4 is 24.9 Å². The van der Waals surface area contributed by atoms with Crippen LogP contribution in [-0.4, -0.2) is 63.7 Å². The van der Waals surface area contributed by atoms with Crippen molar-refractivity contribution in [1.29, 1.82) is 0 Å². The summed E-state index contributed by atoms with van der Waals surface area (Å²) in [4.78, 5) is 39.6. The highest BCUT2D eigenvalue weighted by Crippen LogP contribution is 2.14. The standard InChI is InChI=1S/C20H41BN6O6/c1-5-6-8-15(4)10-11-18(28)24-16(9-7-12-23-20(22)26-27(32)33)19(29)25-17(21(30)31)13-14(2)3/h14-17,30-31H,5-13H2,1-4H3,(H5-,22,23,24,25,26,28,29,32,33)/p+1/t15?,16-,17-/m0/s1. The van der Waals surface area contributed by atoms with Gasteiger partial charge in [0.1, 0.15) is 10.9 Å². The van der Waals surface area contributed by atoms with E-state index in [1.807, 2.05) is 19.3 Å². The lowest BCUT2D eigenvalue weighted by atomic mass is 9.75. The first-order valence-electron chi connectivity index (χ1n) is 11.6. The highest BCUT2D eigenvalue weighted by atomic mass is 16.7. The molecule has 12 nitrogen and oxygen atoms in total. The number of nitrogens with two attached hydrogens (primary N) is 1. The molecule has 1 unspecified atom stereocenters. The van der Waals surface area contributed by atoms with Gasteiger partial charge in [-0.25, -0.2) is 10.2 Å². The van der Waals surface area contributed by atoms with E-state index in [9.17, 15) is 24.5 Å². The Balaban J connectivity index is 5.03. The van der Waals surface area contributed by atoms with Gasteiger partial charge in [-0.15, -0.1) is 0 Å². The quantitative estimate of drug-likeness (QED) is 0.0519. The van der Waals surface area contributed by atoms with E-state index in [0.717, 1.165) is 19.3 Å². The van der Waals surface area contributed by atoms with E-state index in [1.54, 1.807) is 0 Å². The van der Waals surface area contributed by atoms with E-state index >= 15 is 0 Å². The highest BCUT2D eigenvalue weighted by molar-refractivity contribution is 6.43. The van der Waals surface area contributed by atoms with Crippen LogP contribution in [0.5, 0.6) is 0 Å². The first-order valence-corrected chi connectivity index (χ1v) is 11.6. The van der Waals surface area contributed by atoms with Crippen LogP contribution >= 0.6 is 0 Å². The van der Waals surface area contributed by atoms with E-state index in [4.69, 9.17) is 10.9 Å². The Kier molecular flexibility index (Phi) is 15.9. The van der Waals surface area contributed by atoms with Crippen LogP contribution in [0.2, 0.25) is 0 Å². The molecule has 0 aromatic rings. The molecule has 2 amide bonds. The number of nitrogens with zero attached hydrogens (tertiary/aromatic N) is 2. The number of hydrazine groups is 1. The number of carbonyl (C=O) groups is 2. The van der Waals surface area contributed by atoms with Crippen LogP contribution in [0.4, 0.5) is 0 Å². The molecule has 33 heavy (non-hydrogen) atoms. The number of unbranched alkanes of at least 4 members (excludes halogenated alkanes) is 1. The van der Waals surface area contributed by atoms with Gasteiger partial charge in [0, 0.05) is 13.0 Å². The monoisotopic (exact) mass is 473 g/mol. The molecule has 0 aliphatic heterocycles. The molecule has 0 bridgehead atoms. The highest BCUT2D eigenvalue weighted by Gasteiger charge is 2.29. The molecule has 0 saturated carbocycles. The van der Waals surface area contributed by atoms with Gasteiger partial charge in [0.25, 0.3) is 5.96 Å². The van der Waals surface area contributed by atoms with Gasteiger partial charge in [-0.1, -0.05) is 47.0 Å². The average Bonchev–Trinajstić information content (AvgIpc) is 2.71. The summed E-state index contributed by atoms with van der Waals surface area (Å²) in [5.41, 5.74) is 7.25. The first kappa shape index (κ1) is 30.6. The Morgan fingerprint density at radius 3 is 2.30 bits per heavy atom. The SMILES string of the molecule is CCCCC(C)CCC(=O)N[C@@H](CCCN=C(N)N[N+](=O)O)C(=O)N[C@@H](CC(C)C)B(O)O. The third-order valence-corrected chi connectivity index (χ3v) is 5.12. The number of aliphatic imine (C=N–C) groups is 1. The minimum atomic E-state index is -1.73. The van der Waals surface area contributed by atoms with E-state index in [1.165, 1.54) is 0 Å². The molecule has 0 heterocycles. The molecule has 0 radical (unpaired) electrons. The molecule has 0 aromatic carbocycles. The largest absolute Gasteiger partial charge is 0.475 e. The Bertz CT molecular complexity index is 634. The Labute approximate surface area is 196 Å². The zero-order valence-corrected chi connectivity index (χ0v) is 20.3. The maximum absolute atomic E-state index is 12.8. The number of rotatable bonds is 17. The summed E-state index contributed by atoms with van der Waals surface area (Å²) in [6.07, 6.45) is 5.17. The molecular formula is C20H42BN6O6+. The summed E-state index contributed by atoms with van der Waals surface area (Å²) in [5, 5.41) is 32.5. The Morgan fingerprint density at radius 2 is 1.76 bits per heavy atom. The number of nitrogens with one attached hydrogen (secondary N) is 3. The van der Waals surface area contributed by atoms with Gasteiger partial charge in [-0.3, -0.25) is 9.59 Å². The zero-order valence-electron chi connectivity index (χ0n) is 20.3. The van der Waals surface area contributed by atoms with Gasteiger partial charge in [0.2, 0.25) is 11.8 Å². The number of hydrogen-bond donors (Lipinski definition) is 7. The Hall–Kier alpha value is -2.41. The molecule has 3 atom stereocenters. The zero-order chi connectivity index (χ0) is 25.4. The fourth-order valence-electron chi connectivity index (χ4n) is 3.28. The van der Waals surface area contributed by atoms with Crippen molar-refractivity contribution < 1.29 is 29.9 Å². The predicted molar refractivity (Wildman–Crippen MR) is 126 cm³/mol. The molecule has 0 aromatic heterocycles. The molecular weight excluding hydrogens is 431 g/mol. The molecule has 0 aliphatic rings. The molecule has 0 rings (SSSR count). The van der Waals surface area contributed by atoms with Gasteiger partial charge in [-0.2, -0.15) is 0 Å². The molecule has 0 aliphatic carbocycles. The van der Waals surface area contributed by atoms with Crippen LogP contribution in [0, 0.1) is 16.7 Å². The smallest absolute Gasteiger partial charge is 0.426 e. The maximum Gasteiger partial charge on any atom is 0.475 e. The first-order chi connectivity index (χ1) is 15.5. The van der Waals surface area contributed by atoms with Crippen molar-refractivity contribution in [2.24, 2.45) is 22.6 Å². The van der Waals surface area contributed by atoms with Gasteiger partial charge in [0.05, 0.1) is 5.94 Å². The second-order valence-electron chi connectivity index (χ2n) is 8.86. The molecule has 8 N–H and O–H groups in total. The van der Waals surface area contributed by atoms with Crippen molar-refractivity contribution in [3.8, 4) is 0 Å². The summed E-state index contributed by atoms with van der Waals surface area (Å²) in [7, 11) is -1.73. The van der Waals surface area contributed by atoms with Crippen molar-refractivity contribution in [2.45, 2.75) is 91.0 Å². The van der Waals surface area contributed by atoms with Crippen molar-refractivity contribution in [3.05, 3.63) is 4.91 Å². The van der Waals surface area contributed by atoms with Crippen LogP contribution in [0.25, 0.3) is 0 Å². The third-order valence-electron chi connectivity index (χ3n) is 5.12. The summed E-state index contributed by atoms with van der Waals surface area (Å²) in [5.74, 6) is -1.41. The maximum atomic E-state index is 12.8. The van der Waals surface area contributed by atoms with E-state index < -0.39 is 30.0 Å². The second kappa shape index (κ2) is 17.1. The van der Waals surface area contributed by atoms with E-state index in [2.05, 4.69) is 29.5 Å². The third kappa shape index (κ3) is 15.9. The van der Waals surface area contributed by atoms with Crippen LogP contribution in [0.1, 0.15) is 79.1 Å². The number of hydrogen-bond acceptors (Lipinski definition) is 6. The van der Waals surface area contributed by atoms with Crippen LogP contribution < -0.4 is 21.8 Å². The van der Waals surface area contributed by atoms with Gasteiger partial charge in [0.15, 0.2) is 0 Å². The lowest BCUT2D eigenvalue weighted by Crippen LogP contribution is -2.54. The normalized spacial score (nSPS) is 14.3. The minimum Gasteiger partial charge on any atom is -0.426 e. The van der Waals surface area contributed by atoms with Crippen molar-refractivity contribution in [1.82, 2.24) is 16.1 Å². The predicted octanol–water partition coefficient (Wildman–Crippen LogP) is 0.388. The number of guanidine groups is 1. The van der Waals surface area contributed by atoms with Crippen LogP contribution in [-0.2, 0) is 9.59 Å². The fraction of sp³-hybridized carbons (Fsp3) is 0.850. The molecule has 13 heteroatoms. The summed E-state index contributed by atoms with van der Waals surface area (Å²) >= 11 is 0. The second-order valence-corrected chi connectivity index (χ2v) is 8.86. The van der Waals surface area contributed by atoms with Crippen LogP contribution in [0.15, 0.2) is 4.99 Å². The van der Waals surface area contributed by atoms with Crippen molar-refractivity contribution in [3.63, 3.8) is 0 Å². The van der Waals surface area contributed by atoms with Gasteiger partial charge >= 0.3 is 12.2 Å². The van der Waals surface area contributed by atoms with E-state index in [-0.39, 0.29) is 37.2 Å². The molecule has 0 spiro atoms. The van der Waals surface area contributed by atoms with Gasteiger partial charge in [-0.05, 0) is 42.9 Å².